The molecule has 0 bridgehead atoms. The number of nitrogens with zero attached hydrogens (tertiary/aromatic N) is 4. The number of carbonyl (C=O) groups excluding carboxylic acids is 1. The van der Waals surface area contributed by atoms with E-state index in [0.717, 1.165) is 51.4 Å². The van der Waals surface area contributed by atoms with Crippen molar-refractivity contribution in [3.8, 4) is 0 Å². The van der Waals surface area contributed by atoms with Gasteiger partial charge in [0, 0.05) is 44.1 Å². The van der Waals surface area contributed by atoms with E-state index in [1.165, 1.54) is 0 Å². The quantitative estimate of drug-likeness (QED) is 0.693. The third-order valence-corrected chi connectivity index (χ3v) is 5.24. The fourth-order valence-electron chi connectivity index (χ4n) is 3.77. The summed E-state index contributed by atoms with van der Waals surface area (Å²) in [4.78, 5) is 25.6. The molecule has 27 heavy (non-hydrogen) atoms. The Balaban J connectivity index is 1.75. The van der Waals surface area contributed by atoms with E-state index in [2.05, 4.69) is 58.1 Å². The van der Waals surface area contributed by atoms with Crippen LogP contribution in [0.25, 0.3) is 0 Å². The maximum absolute atomic E-state index is 12.4. The summed E-state index contributed by atoms with van der Waals surface area (Å²) in [5.41, 5.74) is 0. The summed E-state index contributed by atoms with van der Waals surface area (Å²) in [5.74, 6) is 1.39. The lowest BCUT2D eigenvalue weighted by molar-refractivity contribution is 0.183. The van der Waals surface area contributed by atoms with Gasteiger partial charge >= 0.3 is 6.03 Å². The molecule has 2 heterocycles. The van der Waals surface area contributed by atoms with Crippen LogP contribution in [0.4, 0.5) is 10.7 Å². The molecular formula is C20H36N6O. The molecule has 2 N–H and O–H groups in total. The summed E-state index contributed by atoms with van der Waals surface area (Å²) < 4.78 is 0. The van der Waals surface area contributed by atoms with Crippen molar-refractivity contribution >= 4 is 12.0 Å². The average molecular weight is 377 g/mol. The third-order valence-electron chi connectivity index (χ3n) is 5.24. The largest absolute Gasteiger partial charge is 0.341 e. The molecule has 0 aromatic carbocycles. The van der Waals surface area contributed by atoms with Gasteiger partial charge in [0.1, 0.15) is 0 Å². The summed E-state index contributed by atoms with van der Waals surface area (Å²) >= 11 is 0. The summed E-state index contributed by atoms with van der Waals surface area (Å²) in [7, 11) is 0. The molecule has 0 spiro atoms. The lowest BCUT2D eigenvalue weighted by Gasteiger charge is -2.33. The number of aromatic nitrogens is 2. The second kappa shape index (κ2) is 11.1. The first-order valence-corrected chi connectivity index (χ1v) is 10.3. The number of hydrogen-bond donors (Lipinski definition) is 2. The van der Waals surface area contributed by atoms with E-state index < -0.39 is 0 Å². The summed E-state index contributed by atoms with van der Waals surface area (Å²) in [6.45, 7) is 13.3. The van der Waals surface area contributed by atoms with Crippen molar-refractivity contribution in [2.45, 2.75) is 59.0 Å². The average Bonchev–Trinajstić information content (AvgIpc) is 2.68. The zero-order valence-electron chi connectivity index (χ0n) is 17.3. The van der Waals surface area contributed by atoms with Crippen molar-refractivity contribution in [1.29, 1.82) is 0 Å². The van der Waals surface area contributed by atoms with Gasteiger partial charge in [-0.2, -0.15) is 0 Å². The zero-order valence-corrected chi connectivity index (χ0v) is 17.3. The van der Waals surface area contributed by atoms with E-state index >= 15 is 0 Å². The van der Waals surface area contributed by atoms with E-state index in [1.807, 2.05) is 6.07 Å². The molecule has 1 aromatic rings. The van der Waals surface area contributed by atoms with Gasteiger partial charge in [-0.1, -0.05) is 27.7 Å². The van der Waals surface area contributed by atoms with Gasteiger partial charge in [-0.05, 0) is 44.3 Å². The van der Waals surface area contributed by atoms with Gasteiger partial charge < -0.3 is 15.5 Å². The number of carbonyl (C=O) groups is 1. The van der Waals surface area contributed by atoms with Crippen molar-refractivity contribution in [2.24, 2.45) is 5.92 Å². The number of anilines is 1. The molecule has 2 amide bonds. The van der Waals surface area contributed by atoms with E-state index in [9.17, 15) is 4.79 Å². The number of amides is 2. The highest BCUT2D eigenvalue weighted by atomic mass is 16.2. The molecule has 1 aliphatic heterocycles. The van der Waals surface area contributed by atoms with E-state index in [0.29, 0.717) is 18.5 Å². The topological polar surface area (TPSA) is 73.4 Å². The maximum atomic E-state index is 12.4. The number of nitrogens with one attached hydrogen (secondary N) is 2. The van der Waals surface area contributed by atoms with Gasteiger partial charge in [-0.15, -0.1) is 0 Å². The van der Waals surface area contributed by atoms with Crippen molar-refractivity contribution in [3.05, 3.63) is 18.5 Å². The van der Waals surface area contributed by atoms with Crippen molar-refractivity contribution in [1.82, 2.24) is 25.5 Å². The number of piperidine rings is 1. The number of hydrogen-bond acceptors (Lipinski definition) is 5. The summed E-state index contributed by atoms with van der Waals surface area (Å²) in [6.07, 6.45) is 6.46. The lowest BCUT2D eigenvalue weighted by atomic mass is 10.0. The Labute approximate surface area is 163 Å². The van der Waals surface area contributed by atoms with Crippen molar-refractivity contribution < 1.29 is 4.79 Å². The Hall–Kier alpha value is -1.89. The van der Waals surface area contributed by atoms with Gasteiger partial charge in [-0.25, -0.2) is 14.8 Å². The fraction of sp³-hybridized carbons (Fsp3) is 0.750. The second-order valence-electron chi connectivity index (χ2n) is 7.67. The zero-order chi connectivity index (χ0) is 19.6. The van der Waals surface area contributed by atoms with Crippen LogP contribution in [0.15, 0.2) is 18.5 Å². The van der Waals surface area contributed by atoms with Crippen LogP contribution in [0.2, 0.25) is 0 Å². The van der Waals surface area contributed by atoms with Gasteiger partial charge in [0.25, 0.3) is 0 Å². The molecule has 1 aromatic heterocycles. The Morgan fingerprint density at radius 2 is 1.85 bits per heavy atom. The van der Waals surface area contributed by atoms with Gasteiger partial charge in [0.05, 0.1) is 0 Å². The minimum absolute atomic E-state index is 0.0506. The molecule has 7 heteroatoms. The number of rotatable bonds is 9. The first kappa shape index (κ1) is 21.4. The van der Waals surface area contributed by atoms with E-state index in [1.54, 1.807) is 12.4 Å². The highest BCUT2D eigenvalue weighted by Crippen LogP contribution is 2.15. The Morgan fingerprint density at radius 3 is 2.41 bits per heavy atom. The smallest absolute Gasteiger partial charge is 0.315 e. The molecule has 152 valence electrons. The molecule has 1 aliphatic rings. The molecule has 1 atom stereocenters. The van der Waals surface area contributed by atoms with E-state index in [4.69, 9.17) is 0 Å². The minimum atomic E-state index is -0.0506. The van der Waals surface area contributed by atoms with Gasteiger partial charge in [0.15, 0.2) is 0 Å². The van der Waals surface area contributed by atoms with Crippen LogP contribution in [-0.2, 0) is 0 Å². The van der Waals surface area contributed by atoms with Crippen LogP contribution in [0.5, 0.6) is 0 Å². The van der Waals surface area contributed by atoms with Crippen LogP contribution >= 0.6 is 0 Å². The molecule has 0 unspecified atom stereocenters. The van der Waals surface area contributed by atoms with Crippen LogP contribution < -0.4 is 15.5 Å². The third kappa shape index (κ3) is 6.97. The Kier molecular flexibility index (Phi) is 8.78. The van der Waals surface area contributed by atoms with Crippen molar-refractivity contribution in [2.75, 3.05) is 37.6 Å². The number of urea groups is 1. The highest BCUT2D eigenvalue weighted by Gasteiger charge is 2.23. The predicted octanol–water partition coefficient (Wildman–Crippen LogP) is 2.50. The van der Waals surface area contributed by atoms with Crippen LogP contribution in [0.3, 0.4) is 0 Å². The normalized spacial score (nSPS) is 16.6. The monoisotopic (exact) mass is 376 g/mol. The summed E-state index contributed by atoms with van der Waals surface area (Å²) in [5, 5.41) is 6.24. The Morgan fingerprint density at radius 1 is 1.22 bits per heavy atom. The molecule has 0 radical (unpaired) electrons. The predicted molar refractivity (Wildman–Crippen MR) is 110 cm³/mol. The molecule has 2 rings (SSSR count). The van der Waals surface area contributed by atoms with Crippen molar-refractivity contribution in [3.63, 3.8) is 0 Å². The molecule has 0 aliphatic carbocycles. The fourth-order valence-corrected chi connectivity index (χ4v) is 3.77. The van der Waals surface area contributed by atoms with Gasteiger partial charge in [-0.3, -0.25) is 4.90 Å². The van der Waals surface area contributed by atoms with Crippen LogP contribution in [-0.4, -0.2) is 65.7 Å². The molecular weight excluding hydrogens is 340 g/mol. The lowest BCUT2D eigenvalue weighted by Crippen LogP contribution is -2.51. The van der Waals surface area contributed by atoms with Crippen LogP contribution in [0.1, 0.15) is 47.0 Å². The standard InChI is InChI=1S/C20H36N6O/c1-5-25(6-2)18(14-16(3)4)15-23-20(27)24-17-8-12-26(13-9-17)19-21-10-7-11-22-19/h7,10-11,16-18H,5-6,8-9,12-15H2,1-4H3,(H2,23,24,27)/t18-/m1/s1. The number of likely N-dealkylation sites (N-methyl/N-ethyl adjacent to an activating group) is 1. The Bertz CT molecular complexity index is 541. The maximum Gasteiger partial charge on any atom is 0.315 e. The highest BCUT2D eigenvalue weighted by molar-refractivity contribution is 5.74. The molecule has 7 nitrogen and oxygen atoms in total. The molecule has 1 fully saturated rings. The summed E-state index contributed by atoms with van der Waals surface area (Å²) in [6, 6.07) is 2.38. The van der Waals surface area contributed by atoms with Crippen LogP contribution in [0, 0.1) is 5.92 Å². The first-order valence-electron chi connectivity index (χ1n) is 10.3. The SMILES string of the molecule is CCN(CC)[C@@H](CNC(=O)NC1CCN(c2ncccn2)CC1)CC(C)C. The molecule has 1 saturated heterocycles. The van der Waals surface area contributed by atoms with Gasteiger partial charge in [0.2, 0.25) is 5.95 Å². The minimum Gasteiger partial charge on any atom is -0.341 e. The van der Waals surface area contributed by atoms with E-state index in [-0.39, 0.29) is 12.1 Å². The molecule has 0 saturated carbocycles. The first-order chi connectivity index (χ1) is 13.0. The second-order valence-corrected chi connectivity index (χ2v) is 7.67.